The summed E-state index contributed by atoms with van der Waals surface area (Å²) in [6.45, 7) is 11.8. The molecule has 0 atom stereocenters. The van der Waals surface area contributed by atoms with Crippen LogP contribution in [0.1, 0.15) is 40.5 Å². The molecule has 0 saturated heterocycles. The van der Waals surface area contributed by atoms with E-state index in [1.54, 1.807) is 0 Å². The quantitative estimate of drug-likeness (QED) is 0.566. The van der Waals surface area contributed by atoms with Gasteiger partial charge in [0.25, 0.3) is 0 Å². The van der Waals surface area contributed by atoms with Crippen LogP contribution in [0, 0.1) is 0 Å². The van der Waals surface area contributed by atoms with Crippen LogP contribution in [0.15, 0.2) is 0 Å². The van der Waals surface area contributed by atoms with Crippen LogP contribution in [0.3, 0.4) is 0 Å². The minimum absolute atomic E-state index is 0.0969. The van der Waals surface area contributed by atoms with Gasteiger partial charge in [-0.3, -0.25) is 0 Å². The first-order chi connectivity index (χ1) is 8.15. The van der Waals surface area contributed by atoms with E-state index in [-0.39, 0.29) is 12.9 Å². The van der Waals surface area contributed by atoms with Gasteiger partial charge in [-0.15, -0.1) is 0 Å². The predicted molar refractivity (Wildman–Crippen MR) is 70.1 cm³/mol. The van der Waals surface area contributed by atoms with Crippen molar-refractivity contribution in [3.63, 3.8) is 0 Å². The molecule has 104 valence electrons. The maximum Gasteiger partial charge on any atom is 0.158 e. The zero-order valence-corrected chi connectivity index (χ0v) is 11.8. The summed E-state index contributed by atoms with van der Waals surface area (Å²) in [4.78, 5) is 2.35. The van der Waals surface area contributed by atoms with Crippen LogP contribution in [0.25, 0.3) is 0 Å². The van der Waals surface area contributed by atoms with Crippen molar-refractivity contribution >= 4 is 0 Å². The molecule has 0 heterocycles. The predicted octanol–water partition coefficient (Wildman–Crippen LogP) is 1.87. The Morgan fingerprint density at radius 1 is 1.06 bits per heavy atom. The van der Waals surface area contributed by atoms with Crippen molar-refractivity contribution in [2.75, 3.05) is 32.9 Å². The second kappa shape index (κ2) is 11.0. The van der Waals surface area contributed by atoms with E-state index in [0.29, 0.717) is 19.3 Å². The van der Waals surface area contributed by atoms with Gasteiger partial charge in [-0.2, -0.15) is 0 Å². The summed E-state index contributed by atoms with van der Waals surface area (Å²) < 4.78 is 11.0. The van der Waals surface area contributed by atoms with Crippen molar-refractivity contribution in [2.45, 2.75) is 52.9 Å². The lowest BCUT2D eigenvalue weighted by molar-refractivity contribution is -0.142. The summed E-state index contributed by atoms with van der Waals surface area (Å²) in [5.41, 5.74) is 0. The van der Waals surface area contributed by atoms with Gasteiger partial charge in [0.05, 0.1) is 0 Å². The number of hydrogen-bond donors (Lipinski definition) is 1. The first kappa shape index (κ1) is 16.8. The van der Waals surface area contributed by atoms with Crippen molar-refractivity contribution in [1.29, 1.82) is 0 Å². The van der Waals surface area contributed by atoms with Crippen molar-refractivity contribution < 1.29 is 14.6 Å². The van der Waals surface area contributed by atoms with E-state index in [1.807, 2.05) is 13.8 Å². The average Bonchev–Trinajstić information content (AvgIpc) is 2.29. The third kappa shape index (κ3) is 8.55. The summed E-state index contributed by atoms with van der Waals surface area (Å²) in [7, 11) is 0. The van der Waals surface area contributed by atoms with E-state index in [0.717, 1.165) is 25.9 Å². The average molecular weight is 247 g/mol. The van der Waals surface area contributed by atoms with Gasteiger partial charge in [-0.25, -0.2) is 0 Å². The number of hydrogen-bond acceptors (Lipinski definition) is 4. The molecule has 0 radical (unpaired) electrons. The highest BCUT2D eigenvalue weighted by Crippen LogP contribution is 2.07. The zero-order chi connectivity index (χ0) is 13.1. The summed E-state index contributed by atoms with van der Waals surface area (Å²) >= 11 is 0. The Morgan fingerprint density at radius 2 is 1.65 bits per heavy atom. The Bertz CT molecular complexity index is 159. The Kier molecular flexibility index (Phi) is 10.9. The monoisotopic (exact) mass is 247 g/mol. The Labute approximate surface area is 106 Å². The van der Waals surface area contributed by atoms with Gasteiger partial charge in [-0.05, 0) is 34.1 Å². The molecule has 0 bridgehead atoms. The minimum atomic E-state index is -0.0969. The first-order valence-electron chi connectivity index (χ1n) is 6.73. The molecular weight excluding hydrogens is 218 g/mol. The van der Waals surface area contributed by atoms with Crippen LogP contribution in [-0.4, -0.2) is 55.2 Å². The molecule has 0 saturated carbocycles. The van der Waals surface area contributed by atoms with Crippen LogP contribution < -0.4 is 0 Å². The fourth-order valence-corrected chi connectivity index (χ4v) is 1.76. The molecule has 0 unspecified atom stereocenters. The lowest BCUT2D eigenvalue weighted by atomic mass is 10.2. The van der Waals surface area contributed by atoms with Crippen molar-refractivity contribution in [1.82, 2.24) is 4.90 Å². The highest BCUT2D eigenvalue weighted by atomic mass is 16.7. The molecule has 4 nitrogen and oxygen atoms in total. The van der Waals surface area contributed by atoms with E-state index in [4.69, 9.17) is 14.6 Å². The number of rotatable bonds is 11. The van der Waals surface area contributed by atoms with Gasteiger partial charge >= 0.3 is 0 Å². The van der Waals surface area contributed by atoms with Crippen LogP contribution in [0.2, 0.25) is 0 Å². The van der Waals surface area contributed by atoms with Gasteiger partial charge in [0, 0.05) is 45.4 Å². The lowest BCUT2D eigenvalue weighted by Gasteiger charge is -2.28. The molecule has 0 aliphatic heterocycles. The normalized spacial score (nSPS) is 12.0. The molecule has 0 fully saturated rings. The third-order valence-electron chi connectivity index (χ3n) is 2.69. The Hall–Kier alpha value is -0.160. The van der Waals surface area contributed by atoms with E-state index in [2.05, 4.69) is 18.7 Å². The molecule has 0 aromatic carbocycles. The SMILES string of the molecule is CCOC(CCN(CCCO)C(C)C)OCC. The van der Waals surface area contributed by atoms with E-state index in [1.165, 1.54) is 0 Å². The van der Waals surface area contributed by atoms with E-state index in [9.17, 15) is 0 Å². The largest absolute Gasteiger partial charge is 0.396 e. The molecule has 0 aromatic rings. The first-order valence-corrected chi connectivity index (χ1v) is 6.73. The van der Waals surface area contributed by atoms with Crippen LogP contribution in [0.4, 0.5) is 0 Å². The third-order valence-corrected chi connectivity index (χ3v) is 2.69. The highest BCUT2D eigenvalue weighted by Gasteiger charge is 2.13. The van der Waals surface area contributed by atoms with Gasteiger partial charge in [0.1, 0.15) is 0 Å². The molecular formula is C13H29NO3. The Balaban J connectivity index is 3.97. The lowest BCUT2D eigenvalue weighted by Crippen LogP contribution is -2.35. The smallest absolute Gasteiger partial charge is 0.158 e. The molecule has 0 spiro atoms. The molecule has 4 heteroatoms. The minimum Gasteiger partial charge on any atom is -0.396 e. The fraction of sp³-hybridized carbons (Fsp3) is 1.00. The van der Waals surface area contributed by atoms with E-state index >= 15 is 0 Å². The number of nitrogens with zero attached hydrogens (tertiary/aromatic N) is 1. The topological polar surface area (TPSA) is 41.9 Å². The van der Waals surface area contributed by atoms with Crippen molar-refractivity contribution in [3.8, 4) is 0 Å². The second-order valence-electron chi connectivity index (χ2n) is 4.34. The number of aliphatic hydroxyl groups excluding tert-OH is 1. The molecule has 0 aliphatic carbocycles. The Morgan fingerprint density at radius 3 is 2.06 bits per heavy atom. The second-order valence-corrected chi connectivity index (χ2v) is 4.34. The maximum atomic E-state index is 8.87. The van der Waals surface area contributed by atoms with Crippen molar-refractivity contribution in [3.05, 3.63) is 0 Å². The highest BCUT2D eigenvalue weighted by molar-refractivity contribution is 4.64. The maximum absolute atomic E-state index is 8.87. The fourth-order valence-electron chi connectivity index (χ4n) is 1.76. The van der Waals surface area contributed by atoms with Crippen LogP contribution in [0.5, 0.6) is 0 Å². The summed E-state index contributed by atoms with van der Waals surface area (Å²) in [6, 6.07) is 0.491. The van der Waals surface area contributed by atoms with Crippen molar-refractivity contribution in [2.24, 2.45) is 0 Å². The van der Waals surface area contributed by atoms with Gasteiger partial charge in [-0.1, -0.05) is 0 Å². The molecule has 0 aromatic heterocycles. The zero-order valence-electron chi connectivity index (χ0n) is 11.8. The standard InChI is InChI=1S/C13H29NO3/c1-5-16-13(17-6-2)8-10-14(12(3)4)9-7-11-15/h12-13,15H,5-11H2,1-4H3. The molecule has 0 aliphatic rings. The van der Waals surface area contributed by atoms with Crippen LogP contribution >= 0.6 is 0 Å². The summed E-state index contributed by atoms with van der Waals surface area (Å²) in [6.07, 6.45) is 1.61. The number of aliphatic hydroxyl groups is 1. The number of ether oxygens (including phenoxy) is 2. The van der Waals surface area contributed by atoms with Gasteiger partial charge < -0.3 is 19.5 Å². The van der Waals surface area contributed by atoms with Gasteiger partial charge in [0.15, 0.2) is 6.29 Å². The van der Waals surface area contributed by atoms with E-state index < -0.39 is 0 Å². The van der Waals surface area contributed by atoms with Gasteiger partial charge in [0.2, 0.25) is 0 Å². The molecule has 0 rings (SSSR count). The summed E-state index contributed by atoms with van der Waals surface area (Å²) in [5.74, 6) is 0. The molecule has 17 heavy (non-hydrogen) atoms. The molecule has 0 amide bonds. The molecule has 1 N–H and O–H groups in total. The van der Waals surface area contributed by atoms with Crippen LogP contribution in [-0.2, 0) is 9.47 Å². The summed E-state index contributed by atoms with van der Waals surface area (Å²) in [5, 5.41) is 8.87.